The van der Waals surface area contributed by atoms with Gasteiger partial charge in [-0.3, -0.25) is 4.79 Å². The van der Waals surface area contributed by atoms with Crippen LogP contribution in [0.1, 0.15) is 16.1 Å². The molecule has 1 heterocycles. The first-order valence-electron chi connectivity index (χ1n) is 5.84. The number of nitrogens with one attached hydrogen (secondary N) is 1. The van der Waals surface area contributed by atoms with Crippen molar-refractivity contribution < 1.29 is 9.53 Å². The zero-order valence-corrected chi connectivity index (χ0v) is 12.2. The largest absolute Gasteiger partial charge is 0.496 e. The number of rotatable bonds is 4. The van der Waals surface area contributed by atoms with Crippen LogP contribution in [0.15, 0.2) is 36.4 Å². The number of carbonyl (C=O) groups is 1. The lowest BCUT2D eigenvalue weighted by Crippen LogP contribution is -2.24. The number of hydrogen-bond donors (Lipinski definition) is 1. The number of ether oxygens (including phenoxy) is 1. The summed E-state index contributed by atoms with van der Waals surface area (Å²) in [5.41, 5.74) is 0.968. The number of pyridine rings is 1. The van der Waals surface area contributed by atoms with Crippen LogP contribution in [0.4, 0.5) is 0 Å². The molecule has 0 radical (unpaired) electrons. The Kier molecular flexibility index (Phi) is 4.82. The molecular formula is C14H12Cl2N2O2. The SMILES string of the molecule is COc1ccccc1CNC(=O)c1nc(Cl)ccc1Cl. The normalized spacial score (nSPS) is 10.2. The highest BCUT2D eigenvalue weighted by Gasteiger charge is 2.13. The van der Waals surface area contributed by atoms with Gasteiger partial charge in [0, 0.05) is 12.1 Å². The molecule has 104 valence electrons. The molecule has 1 N–H and O–H groups in total. The van der Waals surface area contributed by atoms with Crippen molar-refractivity contribution >= 4 is 29.1 Å². The fourth-order valence-electron chi connectivity index (χ4n) is 1.69. The monoisotopic (exact) mass is 310 g/mol. The van der Waals surface area contributed by atoms with Crippen molar-refractivity contribution in [2.45, 2.75) is 6.54 Å². The van der Waals surface area contributed by atoms with E-state index in [4.69, 9.17) is 27.9 Å². The summed E-state index contributed by atoms with van der Waals surface area (Å²) in [5.74, 6) is 0.321. The van der Waals surface area contributed by atoms with E-state index in [0.717, 1.165) is 5.56 Å². The number of para-hydroxylation sites is 1. The molecule has 1 amide bonds. The lowest BCUT2D eigenvalue weighted by molar-refractivity contribution is 0.0946. The maximum Gasteiger partial charge on any atom is 0.271 e. The van der Waals surface area contributed by atoms with Gasteiger partial charge in [-0.15, -0.1) is 0 Å². The number of nitrogens with zero attached hydrogens (tertiary/aromatic N) is 1. The molecule has 0 saturated heterocycles. The highest BCUT2D eigenvalue weighted by molar-refractivity contribution is 6.34. The van der Waals surface area contributed by atoms with Crippen LogP contribution < -0.4 is 10.1 Å². The van der Waals surface area contributed by atoms with E-state index < -0.39 is 0 Å². The maximum atomic E-state index is 12.0. The summed E-state index contributed by atoms with van der Waals surface area (Å²) in [6, 6.07) is 10.5. The predicted molar refractivity (Wildman–Crippen MR) is 78.4 cm³/mol. The lowest BCUT2D eigenvalue weighted by atomic mass is 10.2. The van der Waals surface area contributed by atoms with Gasteiger partial charge in [-0.1, -0.05) is 41.4 Å². The summed E-state index contributed by atoms with van der Waals surface area (Å²) >= 11 is 11.7. The highest BCUT2D eigenvalue weighted by Crippen LogP contribution is 2.19. The lowest BCUT2D eigenvalue weighted by Gasteiger charge is -2.09. The first-order chi connectivity index (χ1) is 9.61. The van der Waals surface area contributed by atoms with E-state index in [1.807, 2.05) is 24.3 Å². The number of amides is 1. The van der Waals surface area contributed by atoms with Gasteiger partial charge in [-0.2, -0.15) is 0 Å². The number of methoxy groups -OCH3 is 1. The molecule has 0 bridgehead atoms. The molecule has 1 aromatic heterocycles. The van der Waals surface area contributed by atoms with Crippen LogP contribution in [0.5, 0.6) is 5.75 Å². The third-order valence-electron chi connectivity index (χ3n) is 2.66. The van der Waals surface area contributed by atoms with Gasteiger partial charge in [-0.25, -0.2) is 4.98 Å². The second-order valence-corrected chi connectivity index (χ2v) is 4.75. The fourth-order valence-corrected chi connectivity index (χ4v) is 2.02. The Hall–Kier alpha value is -1.78. The first kappa shape index (κ1) is 14.6. The number of benzene rings is 1. The summed E-state index contributed by atoms with van der Waals surface area (Å²) in [5, 5.41) is 3.21. The van der Waals surface area contributed by atoms with Crippen LogP contribution >= 0.6 is 23.2 Å². The Morgan fingerprint density at radius 3 is 2.75 bits per heavy atom. The second-order valence-electron chi connectivity index (χ2n) is 3.96. The van der Waals surface area contributed by atoms with Crippen molar-refractivity contribution in [1.82, 2.24) is 10.3 Å². The minimum absolute atomic E-state index is 0.106. The van der Waals surface area contributed by atoms with Crippen molar-refractivity contribution in [2.24, 2.45) is 0 Å². The van der Waals surface area contributed by atoms with Crippen LogP contribution in [0.2, 0.25) is 10.2 Å². The van der Waals surface area contributed by atoms with Crippen molar-refractivity contribution in [3.8, 4) is 5.75 Å². The van der Waals surface area contributed by atoms with Gasteiger partial charge < -0.3 is 10.1 Å². The van der Waals surface area contributed by atoms with Crippen molar-refractivity contribution in [3.05, 3.63) is 57.8 Å². The summed E-state index contributed by atoms with van der Waals surface area (Å²) in [7, 11) is 1.58. The molecule has 2 rings (SSSR count). The molecule has 20 heavy (non-hydrogen) atoms. The molecule has 1 aromatic carbocycles. The predicted octanol–water partition coefficient (Wildman–Crippen LogP) is 3.33. The van der Waals surface area contributed by atoms with Gasteiger partial charge in [0.2, 0.25) is 0 Å². The van der Waals surface area contributed by atoms with E-state index in [9.17, 15) is 4.79 Å². The molecule has 0 saturated carbocycles. The van der Waals surface area contributed by atoms with Gasteiger partial charge in [0.1, 0.15) is 16.6 Å². The minimum Gasteiger partial charge on any atom is -0.496 e. The molecule has 2 aromatic rings. The van der Waals surface area contributed by atoms with Crippen LogP contribution in [-0.2, 0) is 6.54 Å². The van der Waals surface area contributed by atoms with Gasteiger partial charge in [0.05, 0.1) is 12.1 Å². The Morgan fingerprint density at radius 1 is 1.25 bits per heavy atom. The quantitative estimate of drug-likeness (QED) is 0.881. The van der Waals surface area contributed by atoms with Crippen molar-refractivity contribution in [3.63, 3.8) is 0 Å². The minimum atomic E-state index is -0.386. The standard InChI is InChI=1S/C14H12Cl2N2O2/c1-20-11-5-3-2-4-9(11)8-17-14(19)13-10(15)6-7-12(16)18-13/h2-7H,8H2,1H3,(H,17,19). The molecular weight excluding hydrogens is 299 g/mol. The number of carbonyl (C=O) groups excluding carboxylic acids is 1. The molecule has 0 spiro atoms. The number of halogens is 2. The van der Waals surface area contributed by atoms with Gasteiger partial charge in [0.15, 0.2) is 0 Å². The van der Waals surface area contributed by atoms with E-state index in [-0.39, 0.29) is 21.8 Å². The summed E-state index contributed by atoms with van der Waals surface area (Å²) in [6.07, 6.45) is 0. The topological polar surface area (TPSA) is 51.2 Å². The Labute approximate surface area is 126 Å². The van der Waals surface area contributed by atoms with E-state index in [1.54, 1.807) is 7.11 Å². The molecule has 4 nitrogen and oxygen atoms in total. The van der Waals surface area contributed by atoms with Crippen molar-refractivity contribution in [2.75, 3.05) is 7.11 Å². The van der Waals surface area contributed by atoms with E-state index >= 15 is 0 Å². The average Bonchev–Trinajstić information content (AvgIpc) is 2.47. The van der Waals surface area contributed by atoms with E-state index in [2.05, 4.69) is 10.3 Å². The molecule has 0 aliphatic heterocycles. The van der Waals surface area contributed by atoms with Gasteiger partial charge in [-0.05, 0) is 18.2 Å². The number of aromatic nitrogens is 1. The molecule has 0 aliphatic rings. The van der Waals surface area contributed by atoms with Gasteiger partial charge in [0.25, 0.3) is 5.91 Å². The van der Waals surface area contributed by atoms with Crippen LogP contribution in [-0.4, -0.2) is 18.0 Å². The van der Waals surface area contributed by atoms with E-state index in [1.165, 1.54) is 12.1 Å². The molecule has 0 unspecified atom stereocenters. The zero-order chi connectivity index (χ0) is 14.5. The van der Waals surface area contributed by atoms with Crippen molar-refractivity contribution in [1.29, 1.82) is 0 Å². The third-order valence-corrected chi connectivity index (χ3v) is 3.17. The second kappa shape index (κ2) is 6.59. The van der Waals surface area contributed by atoms with Crippen LogP contribution in [0.3, 0.4) is 0 Å². The third kappa shape index (κ3) is 3.40. The summed E-state index contributed by atoms with van der Waals surface area (Å²) < 4.78 is 5.21. The fraction of sp³-hybridized carbons (Fsp3) is 0.143. The molecule has 6 heteroatoms. The zero-order valence-electron chi connectivity index (χ0n) is 10.7. The maximum absolute atomic E-state index is 12.0. The average molecular weight is 311 g/mol. The summed E-state index contributed by atoms with van der Waals surface area (Å²) in [6.45, 7) is 0.313. The molecule has 0 atom stereocenters. The number of hydrogen-bond acceptors (Lipinski definition) is 3. The first-order valence-corrected chi connectivity index (χ1v) is 6.59. The summed E-state index contributed by atoms with van der Waals surface area (Å²) in [4.78, 5) is 16.0. The molecule has 0 aliphatic carbocycles. The Balaban J connectivity index is 2.11. The van der Waals surface area contributed by atoms with Crippen LogP contribution in [0, 0.1) is 0 Å². The smallest absolute Gasteiger partial charge is 0.271 e. The highest BCUT2D eigenvalue weighted by atomic mass is 35.5. The molecule has 0 fully saturated rings. The van der Waals surface area contributed by atoms with Gasteiger partial charge >= 0.3 is 0 Å². The Bertz CT molecular complexity index is 632. The Morgan fingerprint density at radius 2 is 2.00 bits per heavy atom. The van der Waals surface area contributed by atoms with Crippen LogP contribution in [0.25, 0.3) is 0 Å². The van der Waals surface area contributed by atoms with E-state index in [0.29, 0.717) is 12.3 Å².